The quantitative estimate of drug-likeness (QED) is 0.627. The summed E-state index contributed by atoms with van der Waals surface area (Å²) < 4.78 is 10.3. The van der Waals surface area contributed by atoms with Crippen LogP contribution in [0.3, 0.4) is 0 Å². The van der Waals surface area contributed by atoms with Gasteiger partial charge in [0.15, 0.2) is 11.4 Å². The van der Waals surface area contributed by atoms with Crippen LogP contribution in [-0.2, 0) is 6.42 Å². The maximum absolute atomic E-state index is 11.3. The Morgan fingerprint density at radius 3 is 2.77 bits per heavy atom. The van der Waals surface area contributed by atoms with Crippen LogP contribution in [0.25, 0.3) is 22.6 Å². The second-order valence-electron chi connectivity index (χ2n) is 4.87. The van der Waals surface area contributed by atoms with Crippen LogP contribution >= 0.6 is 0 Å². The van der Waals surface area contributed by atoms with E-state index in [0.29, 0.717) is 34.8 Å². The molecule has 2 heterocycles. The van der Waals surface area contributed by atoms with E-state index in [-0.39, 0.29) is 0 Å². The van der Waals surface area contributed by atoms with E-state index in [0.717, 1.165) is 5.56 Å². The van der Waals surface area contributed by atoms with Gasteiger partial charge in [0.2, 0.25) is 0 Å². The monoisotopic (exact) mass is 293 g/mol. The van der Waals surface area contributed by atoms with Gasteiger partial charge in [-0.15, -0.1) is 0 Å². The molecule has 0 radical (unpaired) electrons. The molecule has 2 aromatic heterocycles. The average molecular weight is 293 g/mol. The highest BCUT2D eigenvalue weighted by Crippen LogP contribution is 2.25. The van der Waals surface area contributed by atoms with E-state index in [1.807, 2.05) is 30.3 Å². The van der Waals surface area contributed by atoms with Crippen molar-refractivity contribution >= 4 is 11.1 Å². The van der Waals surface area contributed by atoms with Gasteiger partial charge >= 0.3 is 5.76 Å². The average Bonchev–Trinajstić information content (AvgIpc) is 3.13. The second kappa shape index (κ2) is 5.00. The third-order valence-corrected chi connectivity index (χ3v) is 3.36. The highest BCUT2D eigenvalue weighted by Gasteiger charge is 2.14. The number of nitrogens with one attached hydrogen (secondary N) is 1. The van der Waals surface area contributed by atoms with E-state index in [2.05, 4.69) is 15.1 Å². The third-order valence-electron chi connectivity index (χ3n) is 3.36. The first-order valence-corrected chi connectivity index (χ1v) is 6.78. The summed E-state index contributed by atoms with van der Waals surface area (Å²) in [6, 6.07) is 15.2. The fraction of sp³-hybridized carbons (Fsp3) is 0.0625. The molecule has 0 amide bonds. The first-order valence-electron chi connectivity index (χ1n) is 6.78. The molecular formula is C16H11N3O3. The Morgan fingerprint density at radius 1 is 1.05 bits per heavy atom. The Morgan fingerprint density at radius 2 is 1.91 bits per heavy atom. The van der Waals surface area contributed by atoms with E-state index >= 15 is 0 Å². The molecule has 0 atom stereocenters. The SMILES string of the molecule is O=c1[nH]c2c(-c3nc(Cc4ccccc4)no3)cccc2o1. The molecule has 0 bridgehead atoms. The number of aromatic nitrogens is 3. The summed E-state index contributed by atoms with van der Waals surface area (Å²) in [6.07, 6.45) is 0.586. The lowest BCUT2D eigenvalue weighted by Gasteiger charge is -1.95. The molecule has 2 aromatic carbocycles. The number of benzene rings is 2. The standard InChI is InChI=1S/C16H11N3O3/c20-16-18-14-11(7-4-8-12(14)21-16)15-17-13(19-22-15)9-10-5-2-1-3-6-10/h1-8H,9H2,(H,18,20). The molecular weight excluding hydrogens is 282 g/mol. The van der Waals surface area contributed by atoms with Gasteiger partial charge in [0.05, 0.1) is 11.1 Å². The van der Waals surface area contributed by atoms with Crippen molar-refractivity contribution in [1.82, 2.24) is 15.1 Å². The number of hydrogen-bond donors (Lipinski definition) is 1. The highest BCUT2D eigenvalue weighted by molar-refractivity contribution is 5.87. The van der Waals surface area contributed by atoms with Crippen molar-refractivity contribution in [2.24, 2.45) is 0 Å². The topological polar surface area (TPSA) is 84.9 Å². The number of fused-ring (bicyclic) bond motifs is 1. The van der Waals surface area contributed by atoms with Gasteiger partial charge < -0.3 is 8.94 Å². The molecule has 0 saturated carbocycles. The Bertz CT molecular complexity index is 982. The van der Waals surface area contributed by atoms with Crippen molar-refractivity contribution in [2.75, 3.05) is 0 Å². The number of hydrogen-bond acceptors (Lipinski definition) is 5. The molecule has 108 valence electrons. The number of oxazole rings is 1. The van der Waals surface area contributed by atoms with Gasteiger partial charge in [-0.1, -0.05) is 41.6 Å². The lowest BCUT2D eigenvalue weighted by molar-refractivity contribution is 0.424. The predicted octanol–water partition coefficient (Wildman–Crippen LogP) is 2.76. The Hall–Kier alpha value is -3.15. The van der Waals surface area contributed by atoms with Crippen LogP contribution in [0.5, 0.6) is 0 Å². The van der Waals surface area contributed by atoms with E-state index in [1.165, 1.54) is 0 Å². The number of H-pyrrole nitrogens is 1. The summed E-state index contributed by atoms with van der Waals surface area (Å²) >= 11 is 0. The zero-order valence-corrected chi connectivity index (χ0v) is 11.4. The van der Waals surface area contributed by atoms with Crippen molar-refractivity contribution in [3.05, 3.63) is 70.5 Å². The van der Waals surface area contributed by atoms with Crippen molar-refractivity contribution < 1.29 is 8.94 Å². The van der Waals surface area contributed by atoms with Gasteiger partial charge in [-0.2, -0.15) is 4.98 Å². The summed E-state index contributed by atoms with van der Waals surface area (Å²) in [7, 11) is 0. The van der Waals surface area contributed by atoms with E-state index in [1.54, 1.807) is 18.2 Å². The second-order valence-corrected chi connectivity index (χ2v) is 4.87. The predicted molar refractivity (Wildman–Crippen MR) is 79.4 cm³/mol. The molecule has 0 spiro atoms. The zero-order chi connectivity index (χ0) is 14.9. The lowest BCUT2D eigenvalue weighted by Crippen LogP contribution is -1.94. The maximum Gasteiger partial charge on any atom is 0.417 e. The molecule has 6 nitrogen and oxygen atoms in total. The largest absolute Gasteiger partial charge is 0.417 e. The van der Waals surface area contributed by atoms with Crippen molar-refractivity contribution in [2.45, 2.75) is 6.42 Å². The van der Waals surface area contributed by atoms with Crippen LogP contribution in [0.2, 0.25) is 0 Å². The minimum Gasteiger partial charge on any atom is -0.408 e. The Labute approximate surface area is 124 Å². The summed E-state index contributed by atoms with van der Waals surface area (Å²) in [5.74, 6) is 0.434. The minimum atomic E-state index is -0.508. The number of aromatic amines is 1. The van der Waals surface area contributed by atoms with Gasteiger partial charge in [0.1, 0.15) is 0 Å². The molecule has 0 aliphatic heterocycles. The molecule has 0 saturated heterocycles. The summed E-state index contributed by atoms with van der Waals surface area (Å²) in [4.78, 5) is 18.4. The molecule has 4 rings (SSSR count). The Kier molecular flexibility index (Phi) is 2.86. The maximum atomic E-state index is 11.3. The zero-order valence-electron chi connectivity index (χ0n) is 11.4. The van der Waals surface area contributed by atoms with Crippen LogP contribution in [-0.4, -0.2) is 15.1 Å². The fourth-order valence-corrected chi connectivity index (χ4v) is 2.36. The number of rotatable bonds is 3. The molecule has 1 N–H and O–H groups in total. The van der Waals surface area contributed by atoms with Gasteiger partial charge in [-0.05, 0) is 17.7 Å². The van der Waals surface area contributed by atoms with E-state index in [9.17, 15) is 4.79 Å². The van der Waals surface area contributed by atoms with Crippen LogP contribution in [0, 0.1) is 0 Å². The highest BCUT2D eigenvalue weighted by atomic mass is 16.5. The molecule has 22 heavy (non-hydrogen) atoms. The summed E-state index contributed by atoms with van der Waals surface area (Å²) in [5.41, 5.74) is 2.77. The Balaban J connectivity index is 1.72. The van der Waals surface area contributed by atoms with Crippen molar-refractivity contribution in [3.8, 4) is 11.5 Å². The van der Waals surface area contributed by atoms with Crippen LogP contribution in [0.1, 0.15) is 11.4 Å². The normalized spacial score (nSPS) is 11.1. The lowest BCUT2D eigenvalue weighted by atomic mass is 10.1. The van der Waals surface area contributed by atoms with Crippen molar-refractivity contribution in [3.63, 3.8) is 0 Å². The van der Waals surface area contributed by atoms with Crippen LogP contribution in [0.4, 0.5) is 0 Å². The van der Waals surface area contributed by atoms with Crippen LogP contribution < -0.4 is 5.76 Å². The fourth-order valence-electron chi connectivity index (χ4n) is 2.36. The van der Waals surface area contributed by atoms with E-state index < -0.39 is 5.76 Å². The number of nitrogens with zero attached hydrogens (tertiary/aromatic N) is 2. The summed E-state index contributed by atoms with van der Waals surface area (Å²) in [6.45, 7) is 0. The van der Waals surface area contributed by atoms with E-state index in [4.69, 9.17) is 8.94 Å². The number of para-hydroxylation sites is 1. The first-order chi connectivity index (χ1) is 10.8. The molecule has 0 unspecified atom stereocenters. The molecule has 0 fully saturated rings. The van der Waals surface area contributed by atoms with Crippen LogP contribution in [0.15, 0.2) is 62.3 Å². The van der Waals surface area contributed by atoms with Gasteiger partial charge in [-0.25, -0.2) is 4.79 Å². The molecule has 6 heteroatoms. The molecule has 0 aliphatic carbocycles. The van der Waals surface area contributed by atoms with Gasteiger partial charge in [0, 0.05) is 6.42 Å². The molecule has 0 aliphatic rings. The summed E-state index contributed by atoms with van der Waals surface area (Å²) in [5, 5.41) is 3.99. The van der Waals surface area contributed by atoms with Crippen molar-refractivity contribution in [1.29, 1.82) is 0 Å². The third kappa shape index (κ3) is 2.20. The van der Waals surface area contributed by atoms with Gasteiger partial charge in [0.25, 0.3) is 5.89 Å². The minimum absolute atomic E-state index is 0.355. The smallest absolute Gasteiger partial charge is 0.408 e. The first kappa shape index (κ1) is 12.6. The van der Waals surface area contributed by atoms with Gasteiger partial charge in [-0.3, -0.25) is 4.98 Å². The molecule has 4 aromatic rings.